The highest BCUT2D eigenvalue weighted by Gasteiger charge is 2.06. The van der Waals surface area contributed by atoms with Crippen LogP contribution in [0.25, 0.3) is 0 Å². The third-order valence-electron chi connectivity index (χ3n) is 2.21. The Hall–Kier alpha value is -1.26. The first-order chi connectivity index (χ1) is 8.49. The van der Waals surface area contributed by atoms with E-state index >= 15 is 0 Å². The lowest BCUT2D eigenvalue weighted by molar-refractivity contribution is -0.117. The lowest BCUT2D eigenvalue weighted by Gasteiger charge is -2.09. The number of carbonyl (C=O) groups excluding carboxylic acids is 1. The van der Waals surface area contributed by atoms with Gasteiger partial charge in [-0.2, -0.15) is 0 Å². The van der Waals surface area contributed by atoms with Gasteiger partial charge in [0.15, 0.2) is 0 Å². The zero-order valence-electron chi connectivity index (χ0n) is 10.7. The van der Waals surface area contributed by atoms with Gasteiger partial charge in [0.1, 0.15) is 0 Å². The van der Waals surface area contributed by atoms with Crippen LogP contribution in [0.15, 0.2) is 18.2 Å². The minimum Gasteiger partial charge on any atom is -0.397 e. The zero-order valence-corrected chi connectivity index (χ0v) is 11.5. The van der Waals surface area contributed by atoms with E-state index in [1.54, 1.807) is 18.2 Å². The average molecular weight is 271 g/mol. The van der Waals surface area contributed by atoms with E-state index in [4.69, 9.17) is 22.1 Å². The molecule has 0 radical (unpaired) electrons. The van der Waals surface area contributed by atoms with Crippen LogP contribution in [-0.4, -0.2) is 19.1 Å². The summed E-state index contributed by atoms with van der Waals surface area (Å²) in [4.78, 5) is 11.6. The minimum absolute atomic E-state index is 0.118. The Morgan fingerprint density at radius 1 is 1.50 bits per heavy atom. The molecule has 1 aromatic rings. The third-order valence-corrected chi connectivity index (χ3v) is 2.45. The van der Waals surface area contributed by atoms with Crippen LogP contribution in [0.1, 0.15) is 20.3 Å². The summed E-state index contributed by atoms with van der Waals surface area (Å²) < 4.78 is 5.34. The van der Waals surface area contributed by atoms with E-state index in [9.17, 15) is 4.79 Å². The van der Waals surface area contributed by atoms with E-state index in [-0.39, 0.29) is 5.91 Å². The minimum atomic E-state index is -0.118. The Bertz CT molecular complexity index is 408. The van der Waals surface area contributed by atoms with Crippen LogP contribution in [0.2, 0.25) is 5.02 Å². The maximum Gasteiger partial charge on any atom is 0.226 e. The summed E-state index contributed by atoms with van der Waals surface area (Å²) in [6, 6.07) is 4.97. The molecule has 4 nitrogen and oxygen atoms in total. The summed E-state index contributed by atoms with van der Waals surface area (Å²) in [6.45, 7) is 5.21. The molecule has 0 aliphatic rings. The molecular weight excluding hydrogens is 252 g/mol. The van der Waals surface area contributed by atoms with E-state index in [0.717, 1.165) is 0 Å². The predicted octanol–water partition coefficient (Wildman–Crippen LogP) is 2.92. The molecule has 0 saturated carbocycles. The van der Waals surface area contributed by atoms with E-state index in [1.165, 1.54) is 0 Å². The summed E-state index contributed by atoms with van der Waals surface area (Å²) in [5, 5.41) is 3.27. The quantitative estimate of drug-likeness (QED) is 0.617. The van der Waals surface area contributed by atoms with Crippen LogP contribution in [0, 0.1) is 5.92 Å². The van der Waals surface area contributed by atoms with Gasteiger partial charge in [-0.1, -0.05) is 25.4 Å². The molecule has 0 bridgehead atoms. The molecule has 1 aromatic carbocycles. The highest BCUT2D eigenvalue weighted by molar-refractivity contribution is 6.31. The number of nitrogens with one attached hydrogen (secondary N) is 1. The molecule has 18 heavy (non-hydrogen) atoms. The highest BCUT2D eigenvalue weighted by Crippen LogP contribution is 2.22. The molecule has 100 valence electrons. The van der Waals surface area contributed by atoms with Gasteiger partial charge in [0.05, 0.1) is 24.4 Å². The number of benzene rings is 1. The molecule has 1 amide bonds. The van der Waals surface area contributed by atoms with Crippen molar-refractivity contribution >= 4 is 28.9 Å². The SMILES string of the molecule is CC(C)COCCC(=O)Nc1ccc(Cl)cc1N. The van der Waals surface area contributed by atoms with Crippen molar-refractivity contribution in [1.82, 2.24) is 0 Å². The Kier molecular flexibility index (Phi) is 5.95. The second-order valence-corrected chi connectivity index (χ2v) is 4.93. The largest absolute Gasteiger partial charge is 0.397 e. The molecule has 0 aromatic heterocycles. The lowest BCUT2D eigenvalue weighted by atomic mass is 10.2. The third kappa shape index (κ3) is 5.38. The molecule has 0 aliphatic carbocycles. The first-order valence-electron chi connectivity index (χ1n) is 5.91. The number of hydrogen-bond donors (Lipinski definition) is 2. The first-order valence-corrected chi connectivity index (χ1v) is 6.29. The molecule has 1 rings (SSSR count). The van der Waals surface area contributed by atoms with Crippen molar-refractivity contribution in [2.45, 2.75) is 20.3 Å². The van der Waals surface area contributed by atoms with Gasteiger partial charge in [0, 0.05) is 11.6 Å². The topological polar surface area (TPSA) is 64.3 Å². The van der Waals surface area contributed by atoms with E-state index in [2.05, 4.69) is 19.2 Å². The predicted molar refractivity (Wildman–Crippen MR) is 74.8 cm³/mol. The normalized spacial score (nSPS) is 10.7. The van der Waals surface area contributed by atoms with Crippen molar-refractivity contribution in [2.75, 3.05) is 24.3 Å². The first kappa shape index (κ1) is 14.8. The number of hydrogen-bond acceptors (Lipinski definition) is 3. The molecule has 3 N–H and O–H groups in total. The molecule has 0 saturated heterocycles. The fraction of sp³-hybridized carbons (Fsp3) is 0.462. The number of carbonyl (C=O) groups is 1. The maximum atomic E-state index is 11.6. The monoisotopic (exact) mass is 270 g/mol. The van der Waals surface area contributed by atoms with Gasteiger partial charge in [0.25, 0.3) is 0 Å². The zero-order chi connectivity index (χ0) is 13.5. The number of ether oxygens (including phenoxy) is 1. The van der Waals surface area contributed by atoms with Crippen LogP contribution in [-0.2, 0) is 9.53 Å². The van der Waals surface area contributed by atoms with Crippen molar-refractivity contribution in [1.29, 1.82) is 0 Å². The molecule has 0 aliphatic heterocycles. The second-order valence-electron chi connectivity index (χ2n) is 4.50. The molecule has 5 heteroatoms. The van der Waals surface area contributed by atoms with E-state index in [0.29, 0.717) is 41.9 Å². The van der Waals surface area contributed by atoms with Crippen LogP contribution < -0.4 is 11.1 Å². The Balaban J connectivity index is 2.35. The average Bonchev–Trinajstić information content (AvgIpc) is 2.28. The summed E-state index contributed by atoms with van der Waals surface area (Å²) in [7, 11) is 0. The lowest BCUT2D eigenvalue weighted by Crippen LogP contribution is -2.16. The van der Waals surface area contributed by atoms with Crippen molar-refractivity contribution in [3.8, 4) is 0 Å². The standard InChI is InChI=1S/C13H19ClN2O2/c1-9(2)8-18-6-5-13(17)16-12-4-3-10(14)7-11(12)15/h3-4,7,9H,5-6,8,15H2,1-2H3,(H,16,17). The fourth-order valence-electron chi connectivity index (χ4n) is 1.34. The highest BCUT2D eigenvalue weighted by atomic mass is 35.5. The smallest absolute Gasteiger partial charge is 0.226 e. The van der Waals surface area contributed by atoms with Crippen LogP contribution >= 0.6 is 11.6 Å². The fourth-order valence-corrected chi connectivity index (χ4v) is 1.52. The Labute approximate surface area is 112 Å². The molecule has 0 spiro atoms. The van der Waals surface area contributed by atoms with E-state index in [1.807, 2.05) is 0 Å². The van der Waals surface area contributed by atoms with Crippen molar-refractivity contribution in [2.24, 2.45) is 5.92 Å². The van der Waals surface area contributed by atoms with Gasteiger partial charge >= 0.3 is 0 Å². The summed E-state index contributed by atoms with van der Waals surface area (Å²) in [5.41, 5.74) is 6.77. The van der Waals surface area contributed by atoms with Gasteiger partial charge in [-0.25, -0.2) is 0 Å². The number of amides is 1. The number of rotatable bonds is 6. The molecular formula is C13H19ClN2O2. The number of halogens is 1. The number of anilines is 2. The van der Waals surface area contributed by atoms with Crippen molar-refractivity contribution in [3.63, 3.8) is 0 Å². The van der Waals surface area contributed by atoms with Crippen molar-refractivity contribution in [3.05, 3.63) is 23.2 Å². The van der Waals surface area contributed by atoms with Crippen LogP contribution in [0.4, 0.5) is 11.4 Å². The van der Waals surface area contributed by atoms with Crippen LogP contribution in [0.5, 0.6) is 0 Å². The second kappa shape index (κ2) is 7.24. The molecule has 0 unspecified atom stereocenters. The summed E-state index contributed by atoms with van der Waals surface area (Å²) >= 11 is 5.77. The number of nitrogens with two attached hydrogens (primary N) is 1. The van der Waals surface area contributed by atoms with Gasteiger partial charge in [0.2, 0.25) is 5.91 Å². The molecule has 0 heterocycles. The van der Waals surface area contributed by atoms with Gasteiger partial charge in [-0.3, -0.25) is 4.79 Å². The van der Waals surface area contributed by atoms with Gasteiger partial charge < -0.3 is 15.8 Å². The van der Waals surface area contributed by atoms with Gasteiger partial charge in [-0.05, 0) is 24.1 Å². The van der Waals surface area contributed by atoms with Gasteiger partial charge in [-0.15, -0.1) is 0 Å². The summed E-state index contributed by atoms with van der Waals surface area (Å²) in [6.07, 6.45) is 0.314. The Morgan fingerprint density at radius 3 is 2.83 bits per heavy atom. The maximum absolute atomic E-state index is 11.6. The molecule has 0 atom stereocenters. The van der Waals surface area contributed by atoms with E-state index < -0.39 is 0 Å². The van der Waals surface area contributed by atoms with Crippen molar-refractivity contribution < 1.29 is 9.53 Å². The molecule has 0 fully saturated rings. The van der Waals surface area contributed by atoms with Crippen LogP contribution in [0.3, 0.4) is 0 Å². The Morgan fingerprint density at radius 2 is 2.22 bits per heavy atom. The number of nitrogen functional groups attached to an aromatic ring is 1. The summed E-state index contributed by atoms with van der Waals surface area (Å²) in [5.74, 6) is 0.354.